The third-order valence-corrected chi connectivity index (χ3v) is 2.08. The monoisotopic (exact) mass is 271 g/mol. The van der Waals surface area contributed by atoms with Crippen LogP contribution in [0, 0.1) is 22.7 Å². The molecule has 0 fully saturated rings. The predicted molar refractivity (Wildman–Crippen MR) is 70.1 cm³/mol. The highest BCUT2D eigenvalue weighted by Crippen LogP contribution is 2.06. The smallest absolute Gasteiger partial charge is 0.320 e. The van der Waals surface area contributed by atoms with Gasteiger partial charge in [0.05, 0.1) is 30.7 Å². The fourth-order valence-corrected chi connectivity index (χ4v) is 1.33. The van der Waals surface area contributed by atoms with Gasteiger partial charge in [0.25, 0.3) is 0 Å². The van der Waals surface area contributed by atoms with Crippen LogP contribution in [0.4, 0.5) is 0 Å². The average Bonchev–Trinajstić information content (AvgIpc) is 2.83. The summed E-state index contributed by atoms with van der Waals surface area (Å²) in [6.07, 6.45) is 1.84. The Hall–Kier alpha value is -2.93. The van der Waals surface area contributed by atoms with Crippen LogP contribution in [0.5, 0.6) is 0 Å². The summed E-state index contributed by atoms with van der Waals surface area (Å²) in [5, 5.41) is 16.3. The zero-order chi connectivity index (χ0) is 14.8. The van der Waals surface area contributed by atoms with Gasteiger partial charge in [0.1, 0.15) is 12.2 Å². The first-order valence-electron chi connectivity index (χ1n) is 5.90. The van der Waals surface area contributed by atoms with Gasteiger partial charge in [-0.3, -0.25) is 4.79 Å². The van der Waals surface area contributed by atoms with Gasteiger partial charge in [-0.15, -0.1) is 0 Å². The van der Waals surface area contributed by atoms with Gasteiger partial charge < -0.3 is 9.72 Å². The summed E-state index contributed by atoms with van der Waals surface area (Å²) in [6, 6.07) is 7.42. The molecule has 0 aliphatic rings. The first-order valence-corrected chi connectivity index (χ1v) is 5.90. The first kappa shape index (κ1) is 15.1. The number of nitrogens with zero attached hydrogens (tertiary/aromatic N) is 4. The minimum Gasteiger partial charge on any atom is -0.465 e. The van der Waals surface area contributed by atoms with Crippen molar-refractivity contribution in [2.45, 2.75) is 19.8 Å². The summed E-state index contributed by atoms with van der Waals surface area (Å²) in [5.74, 6) is 0.223. The molecule has 0 spiro atoms. The molecule has 2 aromatic heterocycles. The Morgan fingerprint density at radius 1 is 1.45 bits per heavy atom. The predicted octanol–water partition coefficient (Wildman–Crippen LogP) is 1.49. The van der Waals surface area contributed by atoms with E-state index in [9.17, 15) is 4.79 Å². The van der Waals surface area contributed by atoms with Crippen molar-refractivity contribution in [3.8, 4) is 12.1 Å². The topological polar surface area (TPSA) is 115 Å². The fourth-order valence-electron chi connectivity index (χ4n) is 1.33. The molecule has 7 nitrogen and oxygen atoms in total. The Kier molecular flexibility index (Phi) is 6.22. The van der Waals surface area contributed by atoms with E-state index in [1.807, 2.05) is 18.2 Å². The van der Waals surface area contributed by atoms with Crippen LogP contribution in [-0.2, 0) is 16.0 Å². The quantitative estimate of drug-likeness (QED) is 0.845. The molecule has 0 unspecified atom stereocenters. The van der Waals surface area contributed by atoms with Gasteiger partial charge in [0, 0.05) is 6.20 Å². The minimum absolute atomic E-state index is 0.145. The van der Waals surface area contributed by atoms with Crippen LogP contribution in [-0.4, -0.2) is 27.5 Å². The van der Waals surface area contributed by atoms with Gasteiger partial charge in [0.2, 0.25) is 0 Å². The van der Waals surface area contributed by atoms with Gasteiger partial charge in [-0.1, -0.05) is 0 Å². The molecule has 0 amide bonds. The van der Waals surface area contributed by atoms with E-state index in [2.05, 4.69) is 19.7 Å². The molecule has 20 heavy (non-hydrogen) atoms. The molecule has 0 saturated carbocycles. The number of nitriles is 2. The number of aromatic amines is 1. The number of ether oxygens (including phenoxy) is 1. The van der Waals surface area contributed by atoms with E-state index in [1.165, 1.54) is 0 Å². The lowest BCUT2D eigenvalue weighted by atomic mass is 10.4. The number of nitrogens with one attached hydrogen (secondary N) is 1. The summed E-state index contributed by atoms with van der Waals surface area (Å²) in [4.78, 5) is 21.3. The molecule has 2 rings (SSSR count). The Bertz CT molecular complexity index is 618. The number of imidazole rings is 1. The van der Waals surface area contributed by atoms with Crippen LogP contribution < -0.4 is 0 Å². The number of hydrogen-bond donors (Lipinski definition) is 1. The third-order valence-electron chi connectivity index (χ3n) is 2.08. The largest absolute Gasteiger partial charge is 0.465 e. The number of H-pyrrole nitrogens is 1. The third kappa shape index (κ3) is 4.75. The molecule has 2 aromatic rings. The highest BCUT2D eigenvalue weighted by atomic mass is 16.5. The second-order valence-corrected chi connectivity index (χ2v) is 3.53. The molecule has 0 atom stereocenters. The van der Waals surface area contributed by atoms with E-state index in [4.69, 9.17) is 10.5 Å². The molecule has 1 N–H and O–H groups in total. The zero-order valence-electron chi connectivity index (χ0n) is 11.0. The van der Waals surface area contributed by atoms with Crippen molar-refractivity contribution in [2.75, 3.05) is 6.61 Å². The lowest BCUT2D eigenvalue weighted by Gasteiger charge is -1.92. The molecule has 2 heterocycles. The SMILES string of the molecule is CCOC(=O)CC#N.N#CCc1nc2ncccc2[nH]1. The maximum atomic E-state index is 10.2. The first-order chi connectivity index (χ1) is 9.71. The molecule has 0 bridgehead atoms. The van der Waals surface area contributed by atoms with Crippen molar-refractivity contribution in [3.05, 3.63) is 24.2 Å². The van der Waals surface area contributed by atoms with Gasteiger partial charge in [-0.05, 0) is 19.1 Å². The summed E-state index contributed by atoms with van der Waals surface area (Å²) in [7, 11) is 0. The van der Waals surface area contributed by atoms with Crippen LogP contribution in [0.2, 0.25) is 0 Å². The van der Waals surface area contributed by atoms with Crippen molar-refractivity contribution in [1.29, 1.82) is 10.5 Å². The number of aromatic nitrogens is 3. The second kappa shape index (κ2) is 8.22. The molecule has 0 saturated heterocycles. The highest BCUT2D eigenvalue weighted by Gasteiger charge is 2.00. The van der Waals surface area contributed by atoms with Gasteiger partial charge in [-0.25, -0.2) is 9.97 Å². The van der Waals surface area contributed by atoms with E-state index in [-0.39, 0.29) is 6.42 Å². The summed E-state index contributed by atoms with van der Waals surface area (Å²) in [6.45, 7) is 2.05. The number of pyridine rings is 1. The molecule has 0 aromatic carbocycles. The van der Waals surface area contributed by atoms with E-state index < -0.39 is 5.97 Å². The van der Waals surface area contributed by atoms with Crippen LogP contribution in [0.3, 0.4) is 0 Å². The van der Waals surface area contributed by atoms with E-state index in [0.717, 1.165) is 5.52 Å². The van der Waals surface area contributed by atoms with Crippen molar-refractivity contribution >= 4 is 17.1 Å². The Balaban J connectivity index is 0.000000221. The molecule has 0 aliphatic carbocycles. The minimum atomic E-state index is -0.449. The molecule has 0 radical (unpaired) electrons. The zero-order valence-corrected chi connectivity index (χ0v) is 11.0. The standard InChI is InChI=1S/C8H6N4.C5H7NO2/c9-4-3-7-11-6-2-1-5-10-8(6)12-7;1-2-8-5(7)3-4-6/h1-2,5H,3H2,(H,10,11,12);2-3H2,1H3. The van der Waals surface area contributed by atoms with Crippen molar-refractivity contribution in [2.24, 2.45) is 0 Å². The summed E-state index contributed by atoms with van der Waals surface area (Å²) < 4.78 is 4.42. The van der Waals surface area contributed by atoms with E-state index in [0.29, 0.717) is 24.5 Å². The number of carbonyl (C=O) groups excluding carboxylic acids is 1. The summed E-state index contributed by atoms with van der Waals surface area (Å²) in [5.41, 5.74) is 1.55. The maximum Gasteiger partial charge on any atom is 0.320 e. The number of hydrogen-bond acceptors (Lipinski definition) is 6. The summed E-state index contributed by atoms with van der Waals surface area (Å²) >= 11 is 0. The number of rotatable bonds is 3. The molecule has 7 heteroatoms. The van der Waals surface area contributed by atoms with Gasteiger partial charge >= 0.3 is 5.97 Å². The van der Waals surface area contributed by atoms with Gasteiger partial charge in [-0.2, -0.15) is 10.5 Å². The van der Waals surface area contributed by atoms with E-state index >= 15 is 0 Å². The van der Waals surface area contributed by atoms with Crippen LogP contribution in [0.15, 0.2) is 18.3 Å². The van der Waals surface area contributed by atoms with Crippen molar-refractivity contribution in [3.63, 3.8) is 0 Å². The maximum absolute atomic E-state index is 10.2. The normalized spacial score (nSPS) is 8.95. The molecule has 102 valence electrons. The Morgan fingerprint density at radius 2 is 2.25 bits per heavy atom. The highest BCUT2D eigenvalue weighted by molar-refractivity contribution is 5.71. The molecular weight excluding hydrogens is 258 g/mol. The van der Waals surface area contributed by atoms with Crippen molar-refractivity contribution in [1.82, 2.24) is 15.0 Å². The number of fused-ring (bicyclic) bond motifs is 1. The van der Waals surface area contributed by atoms with Crippen LogP contribution in [0.1, 0.15) is 19.2 Å². The number of esters is 1. The Morgan fingerprint density at radius 3 is 2.85 bits per heavy atom. The average molecular weight is 271 g/mol. The van der Waals surface area contributed by atoms with Crippen molar-refractivity contribution < 1.29 is 9.53 Å². The Labute approximate surface area is 115 Å². The number of carbonyl (C=O) groups is 1. The van der Waals surface area contributed by atoms with Crippen LogP contribution >= 0.6 is 0 Å². The van der Waals surface area contributed by atoms with Crippen LogP contribution in [0.25, 0.3) is 11.2 Å². The molecular formula is C13H13N5O2. The lowest BCUT2D eigenvalue weighted by molar-refractivity contribution is -0.141. The second-order valence-electron chi connectivity index (χ2n) is 3.53. The lowest BCUT2D eigenvalue weighted by Crippen LogP contribution is -2.01. The fraction of sp³-hybridized carbons (Fsp3) is 0.308. The van der Waals surface area contributed by atoms with Gasteiger partial charge in [0.15, 0.2) is 5.65 Å². The molecule has 0 aliphatic heterocycles. The van der Waals surface area contributed by atoms with E-state index in [1.54, 1.807) is 19.2 Å².